The van der Waals surface area contributed by atoms with E-state index < -0.39 is 5.97 Å². The smallest absolute Gasteiger partial charge is 0.335 e. The first kappa shape index (κ1) is 18.7. The molecule has 0 radical (unpaired) electrons. The minimum Gasteiger partial charge on any atom is -0.478 e. The van der Waals surface area contributed by atoms with Gasteiger partial charge >= 0.3 is 5.97 Å². The molecular formula is C22H20N4O3. The first-order valence-corrected chi connectivity index (χ1v) is 9.47. The van der Waals surface area contributed by atoms with Gasteiger partial charge < -0.3 is 10.0 Å². The average molecular weight is 388 g/mol. The lowest BCUT2D eigenvalue weighted by Gasteiger charge is -2.33. The van der Waals surface area contributed by atoms with Crippen LogP contribution in [0.15, 0.2) is 61.2 Å². The van der Waals surface area contributed by atoms with Crippen molar-refractivity contribution in [3.8, 4) is 11.4 Å². The van der Waals surface area contributed by atoms with Gasteiger partial charge in [0.05, 0.1) is 11.1 Å². The summed E-state index contributed by atoms with van der Waals surface area (Å²) in [4.78, 5) is 38.5. The third-order valence-electron chi connectivity index (χ3n) is 5.16. The number of carbonyl (C=O) groups excluding carboxylic acids is 1. The number of aromatic nitrogens is 3. The molecule has 7 nitrogen and oxygen atoms in total. The van der Waals surface area contributed by atoms with Crippen LogP contribution < -0.4 is 0 Å². The number of piperidine rings is 1. The standard InChI is InChI=1S/C22H20N4O3/c27-21(19-12-24-20(25-13-19)17-3-1-9-23-11-17)26-10-2-4-18(14-26)15-5-7-16(8-6-15)22(28)29/h1,3,5-9,11-13,18H,2,4,10,14H2,(H,28,29)/t18-/m1/s1. The summed E-state index contributed by atoms with van der Waals surface area (Å²) < 4.78 is 0. The SMILES string of the molecule is O=C(O)c1ccc([C@@H]2CCCN(C(=O)c3cnc(-c4cccnc4)nc3)C2)cc1. The van der Waals surface area contributed by atoms with Crippen LogP contribution in [0.1, 0.15) is 45.0 Å². The number of hydrogen-bond donors (Lipinski definition) is 1. The summed E-state index contributed by atoms with van der Waals surface area (Å²) in [7, 11) is 0. The van der Waals surface area contributed by atoms with Crippen molar-refractivity contribution in [2.24, 2.45) is 0 Å². The first-order chi connectivity index (χ1) is 14.1. The van der Waals surface area contributed by atoms with Gasteiger partial charge in [-0.2, -0.15) is 0 Å². The maximum atomic E-state index is 12.9. The fourth-order valence-corrected chi connectivity index (χ4v) is 3.60. The molecule has 3 aromatic rings. The third kappa shape index (κ3) is 4.13. The van der Waals surface area contributed by atoms with Gasteiger partial charge in [0.1, 0.15) is 0 Å². The van der Waals surface area contributed by atoms with Crippen molar-refractivity contribution in [2.45, 2.75) is 18.8 Å². The number of carbonyl (C=O) groups is 2. The molecule has 0 aliphatic carbocycles. The summed E-state index contributed by atoms with van der Waals surface area (Å²) in [6.07, 6.45) is 8.34. The summed E-state index contributed by atoms with van der Waals surface area (Å²) in [6, 6.07) is 10.6. The van der Waals surface area contributed by atoms with E-state index in [2.05, 4.69) is 15.0 Å². The molecule has 0 bridgehead atoms. The highest BCUT2D eigenvalue weighted by atomic mass is 16.4. The van der Waals surface area contributed by atoms with Crippen LogP contribution in [0.4, 0.5) is 0 Å². The number of carboxylic acids is 1. The zero-order valence-electron chi connectivity index (χ0n) is 15.7. The van der Waals surface area contributed by atoms with E-state index in [9.17, 15) is 9.59 Å². The first-order valence-electron chi connectivity index (χ1n) is 9.47. The highest BCUT2D eigenvalue weighted by Gasteiger charge is 2.26. The second-order valence-corrected chi connectivity index (χ2v) is 7.05. The van der Waals surface area contributed by atoms with Crippen molar-refractivity contribution in [3.05, 3.63) is 77.9 Å². The number of benzene rings is 1. The van der Waals surface area contributed by atoms with Crippen molar-refractivity contribution >= 4 is 11.9 Å². The van der Waals surface area contributed by atoms with Crippen LogP contribution in [0.25, 0.3) is 11.4 Å². The molecule has 0 saturated carbocycles. The van der Waals surface area contributed by atoms with Gasteiger partial charge in [-0.05, 0) is 42.7 Å². The molecule has 4 rings (SSSR count). The van der Waals surface area contributed by atoms with E-state index in [1.807, 2.05) is 29.2 Å². The number of hydrogen-bond acceptors (Lipinski definition) is 5. The topological polar surface area (TPSA) is 96.3 Å². The molecule has 1 amide bonds. The normalized spacial score (nSPS) is 16.4. The van der Waals surface area contributed by atoms with Gasteiger partial charge in [-0.1, -0.05) is 12.1 Å². The molecule has 1 saturated heterocycles. The molecule has 1 aromatic carbocycles. The van der Waals surface area contributed by atoms with Crippen LogP contribution >= 0.6 is 0 Å². The molecular weight excluding hydrogens is 368 g/mol. The van der Waals surface area contributed by atoms with E-state index in [0.29, 0.717) is 24.5 Å². The van der Waals surface area contributed by atoms with Gasteiger partial charge in [0, 0.05) is 49.4 Å². The van der Waals surface area contributed by atoms with Gasteiger partial charge in [-0.25, -0.2) is 14.8 Å². The zero-order chi connectivity index (χ0) is 20.2. The number of carboxylic acid groups (broad SMARTS) is 1. The van der Waals surface area contributed by atoms with Gasteiger partial charge in [0.2, 0.25) is 0 Å². The van der Waals surface area contributed by atoms with Gasteiger partial charge in [0.25, 0.3) is 5.91 Å². The highest BCUT2D eigenvalue weighted by molar-refractivity contribution is 5.94. The summed E-state index contributed by atoms with van der Waals surface area (Å²) >= 11 is 0. The van der Waals surface area contributed by atoms with Crippen molar-refractivity contribution < 1.29 is 14.7 Å². The lowest BCUT2D eigenvalue weighted by atomic mass is 9.90. The Balaban J connectivity index is 1.46. The van der Waals surface area contributed by atoms with Crippen molar-refractivity contribution in [1.29, 1.82) is 0 Å². The van der Waals surface area contributed by atoms with E-state index >= 15 is 0 Å². The number of nitrogens with zero attached hydrogens (tertiary/aromatic N) is 4. The molecule has 0 unspecified atom stereocenters. The fraction of sp³-hybridized carbons (Fsp3) is 0.227. The molecule has 0 spiro atoms. The van der Waals surface area contributed by atoms with Gasteiger partial charge in [-0.15, -0.1) is 0 Å². The predicted octanol–water partition coefficient (Wildman–Crippen LogP) is 3.26. The molecule has 1 aliphatic rings. The molecule has 7 heteroatoms. The summed E-state index contributed by atoms with van der Waals surface area (Å²) in [5.41, 5.74) is 2.58. The van der Waals surface area contributed by atoms with Crippen LogP contribution in [0, 0.1) is 0 Å². The second-order valence-electron chi connectivity index (χ2n) is 7.05. The summed E-state index contributed by atoms with van der Waals surface area (Å²) in [6.45, 7) is 1.28. The summed E-state index contributed by atoms with van der Waals surface area (Å²) in [5, 5.41) is 9.05. The van der Waals surface area contributed by atoms with Crippen LogP contribution in [-0.2, 0) is 0 Å². The Morgan fingerprint density at radius 3 is 2.41 bits per heavy atom. The van der Waals surface area contributed by atoms with E-state index in [0.717, 1.165) is 24.0 Å². The molecule has 1 fully saturated rings. The zero-order valence-corrected chi connectivity index (χ0v) is 15.7. The van der Waals surface area contributed by atoms with E-state index in [4.69, 9.17) is 5.11 Å². The van der Waals surface area contributed by atoms with E-state index in [1.54, 1.807) is 36.9 Å². The maximum absolute atomic E-state index is 12.9. The molecule has 1 aliphatic heterocycles. The van der Waals surface area contributed by atoms with E-state index in [1.165, 1.54) is 0 Å². The Kier molecular flexibility index (Phi) is 5.29. The quantitative estimate of drug-likeness (QED) is 0.737. The minimum atomic E-state index is -0.938. The Bertz CT molecular complexity index is 1000. The molecule has 2 aromatic heterocycles. The number of pyridine rings is 1. The van der Waals surface area contributed by atoms with Crippen LogP contribution in [0.2, 0.25) is 0 Å². The highest BCUT2D eigenvalue weighted by Crippen LogP contribution is 2.28. The van der Waals surface area contributed by atoms with Crippen LogP contribution in [0.5, 0.6) is 0 Å². The number of amides is 1. The monoisotopic (exact) mass is 388 g/mol. The van der Waals surface area contributed by atoms with Gasteiger partial charge in [0.15, 0.2) is 5.82 Å². The van der Waals surface area contributed by atoms with E-state index in [-0.39, 0.29) is 17.4 Å². The Morgan fingerprint density at radius 2 is 1.76 bits per heavy atom. The molecule has 3 heterocycles. The molecule has 29 heavy (non-hydrogen) atoms. The third-order valence-corrected chi connectivity index (χ3v) is 5.16. The fourth-order valence-electron chi connectivity index (χ4n) is 3.60. The lowest BCUT2D eigenvalue weighted by molar-refractivity contribution is 0.0693. The predicted molar refractivity (Wildman–Crippen MR) is 107 cm³/mol. The Hall–Kier alpha value is -3.61. The van der Waals surface area contributed by atoms with Crippen LogP contribution in [0.3, 0.4) is 0 Å². The minimum absolute atomic E-state index is 0.0883. The van der Waals surface area contributed by atoms with Crippen LogP contribution in [-0.4, -0.2) is 49.9 Å². The molecule has 146 valence electrons. The summed E-state index contributed by atoms with van der Waals surface area (Å²) in [5.74, 6) is -0.308. The average Bonchev–Trinajstić information content (AvgIpc) is 2.79. The second kappa shape index (κ2) is 8.18. The number of likely N-dealkylation sites (tertiary alicyclic amines) is 1. The van der Waals surface area contributed by atoms with Crippen molar-refractivity contribution in [3.63, 3.8) is 0 Å². The van der Waals surface area contributed by atoms with Gasteiger partial charge in [-0.3, -0.25) is 9.78 Å². The Labute approximate surface area is 168 Å². The number of rotatable bonds is 4. The lowest BCUT2D eigenvalue weighted by Crippen LogP contribution is -2.39. The Morgan fingerprint density at radius 1 is 1.00 bits per heavy atom. The van der Waals surface area contributed by atoms with Crippen molar-refractivity contribution in [2.75, 3.05) is 13.1 Å². The maximum Gasteiger partial charge on any atom is 0.335 e. The molecule has 1 N–H and O–H groups in total. The van der Waals surface area contributed by atoms with Crippen molar-refractivity contribution in [1.82, 2.24) is 19.9 Å². The molecule has 1 atom stereocenters. The number of aromatic carboxylic acids is 1. The largest absolute Gasteiger partial charge is 0.478 e.